The number of hydrogen-bond donors (Lipinski definition) is 0. The topological polar surface area (TPSA) is 123 Å². The minimum atomic E-state index is -4.26. The minimum absolute atomic E-state index is 0.0909. The van der Waals surface area contributed by atoms with Crippen LogP contribution in [0.5, 0.6) is 5.88 Å². The van der Waals surface area contributed by atoms with Crippen LogP contribution in [0, 0.1) is 22.9 Å². The molecule has 1 aliphatic rings. The van der Waals surface area contributed by atoms with Crippen LogP contribution in [0.4, 0.5) is 4.39 Å². The van der Waals surface area contributed by atoms with E-state index in [4.69, 9.17) is 9.47 Å². The molecule has 0 radical (unpaired) electrons. The van der Waals surface area contributed by atoms with Gasteiger partial charge < -0.3 is 14.7 Å². The third kappa shape index (κ3) is 6.54. The lowest BCUT2D eigenvalue weighted by molar-refractivity contribution is -0.832. The molecule has 1 aliphatic carbocycles. The molecule has 9 nitrogen and oxygen atoms in total. The molecule has 0 amide bonds. The van der Waals surface area contributed by atoms with Gasteiger partial charge in [0, 0.05) is 4.90 Å². The average Bonchev–Trinajstić information content (AvgIpc) is 3.52. The molecule has 0 N–H and O–H groups in total. The molecule has 0 saturated carbocycles. The summed E-state index contributed by atoms with van der Waals surface area (Å²) in [6, 6.07) is 19.9. The molecule has 1 heterocycles. The van der Waals surface area contributed by atoms with Crippen molar-refractivity contribution in [3.63, 3.8) is 0 Å². The Bertz CT molecular complexity index is 1940. The van der Waals surface area contributed by atoms with E-state index in [2.05, 4.69) is 21.6 Å². The molecule has 224 valence electrons. The van der Waals surface area contributed by atoms with Gasteiger partial charge in [-0.15, -0.1) is 11.8 Å². The molecule has 0 bridgehead atoms. The quantitative estimate of drug-likeness (QED) is 0.104. The van der Waals surface area contributed by atoms with Crippen LogP contribution in [-0.2, 0) is 19.4 Å². The van der Waals surface area contributed by atoms with Crippen LogP contribution in [0.1, 0.15) is 30.0 Å². The van der Waals surface area contributed by atoms with Crippen molar-refractivity contribution in [3.05, 3.63) is 106 Å². The third-order valence-electron chi connectivity index (χ3n) is 6.77. The third-order valence-corrected chi connectivity index (χ3v) is 9.24. The predicted molar refractivity (Wildman–Crippen MR) is 161 cm³/mol. The second kappa shape index (κ2) is 13.2. The van der Waals surface area contributed by atoms with Crippen LogP contribution in [-0.4, -0.2) is 39.0 Å². The van der Waals surface area contributed by atoms with Gasteiger partial charge in [-0.3, -0.25) is 9.42 Å². The Kier molecular flexibility index (Phi) is 9.18. The van der Waals surface area contributed by atoms with Crippen molar-refractivity contribution in [2.24, 2.45) is 0 Å². The summed E-state index contributed by atoms with van der Waals surface area (Å²) in [6.07, 6.45) is 3.93. The summed E-state index contributed by atoms with van der Waals surface area (Å²) >= 11 is 1.65. The van der Waals surface area contributed by atoms with Gasteiger partial charge in [-0.25, -0.2) is 12.8 Å². The highest BCUT2D eigenvalue weighted by molar-refractivity contribution is 7.98. The number of halogens is 1. The van der Waals surface area contributed by atoms with Gasteiger partial charge in [0.15, 0.2) is 13.2 Å². The summed E-state index contributed by atoms with van der Waals surface area (Å²) in [5.74, 6) is 3.66. The zero-order valence-electron chi connectivity index (χ0n) is 23.6. The van der Waals surface area contributed by atoms with E-state index in [9.17, 15) is 22.8 Å². The first-order chi connectivity index (χ1) is 21.2. The van der Waals surface area contributed by atoms with E-state index in [0.717, 1.165) is 27.2 Å². The molecule has 0 aliphatic heterocycles. The van der Waals surface area contributed by atoms with Gasteiger partial charge in [-0.05, 0) is 94.0 Å². The molecule has 44 heavy (non-hydrogen) atoms. The SMILES string of the molecule is CSc1ccc(/C=C2/C(C)=C(CC(=O)OCC#CCOc3no[n+]([O-])c3S(=O)(=O)c3ccccc3)c3cc(F)ccc32)cc1. The fraction of sp³-hybridized carbons (Fsp3) is 0.156. The molecule has 3 aromatic carbocycles. The zero-order chi connectivity index (χ0) is 31.3. The molecule has 0 saturated heterocycles. The number of nitrogens with zero attached hydrogens (tertiary/aromatic N) is 2. The van der Waals surface area contributed by atoms with E-state index in [0.29, 0.717) is 11.1 Å². The van der Waals surface area contributed by atoms with Crippen molar-refractivity contribution in [3.8, 4) is 17.7 Å². The molecule has 0 atom stereocenters. The highest BCUT2D eigenvalue weighted by Gasteiger charge is 2.35. The number of esters is 1. The lowest BCUT2D eigenvalue weighted by Crippen LogP contribution is -2.30. The Morgan fingerprint density at radius 3 is 2.52 bits per heavy atom. The monoisotopic (exact) mass is 632 g/mol. The van der Waals surface area contributed by atoms with Crippen LogP contribution >= 0.6 is 11.8 Å². The van der Waals surface area contributed by atoms with Gasteiger partial charge in [0.05, 0.1) is 16.5 Å². The summed E-state index contributed by atoms with van der Waals surface area (Å²) in [4.78, 5) is 13.5. The van der Waals surface area contributed by atoms with Crippen LogP contribution < -0.4 is 9.64 Å². The Hall–Kier alpha value is -4.86. The number of carbonyl (C=O) groups is 1. The first-order valence-electron chi connectivity index (χ1n) is 13.2. The number of rotatable bonds is 9. The van der Waals surface area contributed by atoms with Gasteiger partial charge in [0.1, 0.15) is 5.82 Å². The van der Waals surface area contributed by atoms with Crippen LogP contribution in [0.25, 0.3) is 17.2 Å². The Morgan fingerprint density at radius 2 is 1.80 bits per heavy atom. The number of allylic oxidation sites excluding steroid dienone is 2. The standard InChI is InChI=1S/C32H25FN2O7S2/c1-21-27(18-22-10-13-24(43-2)14-11-22)26-15-12-23(33)19-29(26)28(21)20-30(36)40-16-6-7-17-41-31-32(35(37)42-34-31)44(38,39)25-8-4-3-5-9-25/h3-5,8-15,18-19H,16-17,20H2,1-2H3/b27-18-. The lowest BCUT2D eigenvalue weighted by atomic mass is 10.0. The number of fused-ring (bicyclic) bond motifs is 1. The fourth-order valence-corrected chi connectivity index (χ4v) is 6.31. The first-order valence-corrected chi connectivity index (χ1v) is 15.9. The predicted octanol–water partition coefficient (Wildman–Crippen LogP) is 5.35. The van der Waals surface area contributed by atoms with Gasteiger partial charge in [-0.1, -0.05) is 48.2 Å². The van der Waals surface area contributed by atoms with Crippen molar-refractivity contribution < 1.29 is 36.6 Å². The number of thioether (sulfide) groups is 1. The van der Waals surface area contributed by atoms with Crippen molar-refractivity contribution in [2.75, 3.05) is 19.5 Å². The molecular formula is C32H25FN2O7S2. The van der Waals surface area contributed by atoms with Crippen LogP contribution in [0.3, 0.4) is 0 Å². The molecule has 0 unspecified atom stereocenters. The highest BCUT2D eigenvalue weighted by Crippen LogP contribution is 2.44. The number of hydrogen-bond acceptors (Lipinski definition) is 9. The second-order valence-corrected chi connectivity index (χ2v) is 12.2. The summed E-state index contributed by atoms with van der Waals surface area (Å²) in [7, 11) is -4.26. The largest absolute Gasteiger partial charge is 0.452 e. The highest BCUT2D eigenvalue weighted by atomic mass is 32.2. The van der Waals surface area contributed by atoms with E-state index < -0.39 is 32.5 Å². The molecule has 5 rings (SSSR count). The summed E-state index contributed by atoms with van der Waals surface area (Å²) < 4.78 is 54.8. The summed E-state index contributed by atoms with van der Waals surface area (Å²) in [5, 5.41) is 14.5. The first kappa shape index (κ1) is 30.6. The van der Waals surface area contributed by atoms with E-state index in [1.807, 2.05) is 43.5 Å². The van der Waals surface area contributed by atoms with Crippen LogP contribution in [0.15, 0.2) is 97.8 Å². The molecule has 1 aromatic heterocycles. The average molecular weight is 633 g/mol. The maximum absolute atomic E-state index is 14.2. The Balaban J connectivity index is 1.22. The van der Waals surface area contributed by atoms with Gasteiger partial charge >= 0.3 is 16.9 Å². The van der Waals surface area contributed by atoms with E-state index in [1.54, 1.807) is 23.9 Å². The number of sulfone groups is 1. The van der Waals surface area contributed by atoms with Crippen molar-refractivity contribution in [2.45, 2.75) is 28.2 Å². The number of carbonyl (C=O) groups excluding carboxylic acids is 1. The van der Waals surface area contributed by atoms with Crippen molar-refractivity contribution in [1.29, 1.82) is 0 Å². The van der Waals surface area contributed by atoms with E-state index in [1.165, 1.54) is 36.4 Å². The second-order valence-electron chi connectivity index (χ2n) is 9.46. The van der Waals surface area contributed by atoms with E-state index >= 15 is 0 Å². The Labute approximate surface area is 257 Å². The molecule has 4 aromatic rings. The lowest BCUT2D eigenvalue weighted by Gasteiger charge is -2.06. The summed E-state index contributed by atoms with van der Waals surface area (Å²) in [5.41, 5.74) is 4.86. The van der Waals surface area contributed by atoms with Gasteiger partial charge in [0.25, 0.3) is 9.84 Å². The van der Waals surface area contributed by atoms with Crippen molar-refractivity contribution >= 4 is 44.8 Å². The zero-order valence-corrected chi connectivity index (χ0v) is 25.2. The normalized spacial score (nSPS) is 13.4. The van der Waals surface area contributed by atoms with Gasteiger partial charge in [0.2, 0.25) is 0 Å². The number of benzene rings is 3. The molecule has 0 fully saturated rings. The number of aromatic nitrogens is 2. The van der Waals surface area contributed by atoms with E-state index in [-0.39, 0.29) is 29.4 Å². The molecular weight excluding hydrogens is 607 g/mol. The fourth-order valence-electron chi connectivity index (χ4n) is 4.61. The molecule has 0 spiro atoms. The molecule has 12 heteroatoms. The maximum Gasteiger partial charge on any atom is 0.415 e. The van der Waals surface area contributed by atoms with Crippen LogP contribution in [0.2, 0.25) is 0 Å². The minimum Gasteiger partial charge on any atom is -0.452 e. The van der Waals surface area contributed by atoms with Gasteiger partial charge in [-0.2, -0.15) is 0 Å². The van der Waals surface area contributed by atoms with Crippen molar-refractivity contribution in [1.82, 2.24) is 5.16 Å². The maximum atomic E-state index is 14.2. The number of ether oxygens (including phenoxy) is 2. The smallest absolute Gasteiger partial charge is 0.415 e. The summed E-state index contributed by atoms with van der Waals surface area (Å²) in [6.45, 7) is 1.26. The Morgan fingerprint density at radius 1 is 1.07 bits per heavy atom.